The lowest BCUT2D eigenvalue weighted by Gasteiger charge is -2.15. The van der Waals surface area contributed by atoms with E-state index in [1.165, 1.54) is 25.3 Å². The van der Waals surface area contributed by atoms with Gasteiger partial charge in [-0.15, -0.1) is 0 Å². The Morgan fingerprint density at radius 2 is 2.04 bits per heavy atom. The first-order chi connectivity index (χ1) is 10.8. The van der Waals surface area contributed by atoms with E-state index in [-0.39, 0.29) is 22.9 Å². The average Bonchev–Trinajstić information content (AvgIpc) is 2.50. The first-order valence-corrected chi connectivity index (χ1v) is 7.25. The molecule has 0 aromatic heterocycles. The zero-order valence-electron chi connectivity index (χ0n) is 12.6. The van der Waals surface area contributed by atoms with Gasteiger partial charge in [-0.25, -0.2) is 4.39 Å². The monoisotopic (exact) mass is 338 g/mol. The minimum atomic E-state index is -1.07. The third kappa shape index (κ3) is 3.74. The third-order valence-corrected chi connectivity index (χ3v) is 3.93. The molecule has 4 nitrogen and oxygen atoms in total. The van der Waals surface area contributed by atoms with Crippen LogP contribution in [0.5, 0.6) is 11.5 Å². The van der Waals surface area contributed by atoms with Crippen molar-refractivity contribution in [3.63, 3.8) is 0 Å². The average molecular weight is 339 g/mol. The zero-order valence-corrected chi connectivity index (χ0v) is 13.4. The molecule has 0 heterocycles. The van der Waals surface area contributed by atoms with E-state index in [9.17, 15) is 19.4 Å². The van der Waals surface area contributed by atoms with Crippen LogP contribution in [0.3, 0.4) is 0 Å². The summed E-state index contributed by atoms with van der Waals surface area (Å²) in [6, 6.07) is 7.36. The maximum Gasteiger partial charge on any atom is 0.311 e. The van der Waals surface area contributed by atoms with Crippen LogP contribution in [0.2, 0.25) is 5.02 Å². The fourth-order valence-electron chi connectivity index (χ4n) is 2.31. The molecule has 0 radical (unpaired) electrons. The number of methoxy groups -OCH3 is 1. The smallest absolute Gasteiger partial charge is 0.311 e. The van der Waals surface area contributed by atoms with Gasteiger partial charge in [-0.3, -0.25) is 4.79 Å². The Morgan fingerprint density at radius 1 is 1.35 bits per heavy atom. The second kappa shape index (κ2) is 6.87. The Morgan fingerprint density at radius 3 is 2.61 bits per heavy atom. The molecule has 0 saturated heterocycles. The predicted molar refractivity (Wildman–Crippen MR) is 84.9 cm³/mol. The summed E-state index contributed by atoms with van der Waals surface area (Å²) in [6.45, 7) is 1.61. The van der Waals surface area contributed by atoms with Gasteiger partial charge in [0, 0.05) is 0 Å². The SMILES string of the molecule is COc1cc(CC(C(=O)O)c2ccc(C)c(F)c2)cc(Cl)c1O. The highest BCUT2D eigenvalue weighted by molar-refractivity contribution is 6.32. The molecule has 2 aromatic rings. The van der Waals surface area contributed by atoms with Gasteiger partial charge in [-0.1, -0.05) is 23.7 Å². The van der Waals surface area contributed by atoms with Gasteiger partial charge < -0.3 is 14.9 Å². The van der Waals surface area contributed by atoms with Crippen LogP contribution >= 0.6 is 11.6 Å². The molecule has 1 atom stereocenters. The van der Waals surface area contributed by atoms with Crippen molar-refractivity contribution < 1.29 is 24.1 Å². The summed E-state index contributed by atoms with van der Waals surface area (Å²) < 4.78 is 18.7. The van der Waals surface area contributed by atoms with E-state index in [0.717, 1.165) is 0 Å². The topological polar surface area (TPSA) is 66.8 Å². The largest absolute Gasteiger partial charge is 0.503 e. The summed E-state index contributed by atoms with van der Waals surface area (Å²) in [5.74, 6) is -2.50. The molecule has 0 amide bonds. The Balaban J connectivity index is 2.39. The van der Waals surface area contributed by atoms with Gasteiger partial charge in [0.1, 0.15) is 5.82 Å². The molecular weight excluding hydrogens is 323 g/mol. The fourth-order valence-corrected chi connectivity index (χ4v) is 2.54. The summed E-state index contributed by atoms with van der Waals surface area (Å²) in [7, 11) is 1.37. The Bertz CT molecular complexity index is 746. The first-order valence-electron chi connectivity index (χ1n) is 6.87. The molecule has 2 aromatic carbocycles. The van der Waals surface area contributed by atoms with Crippen LogP contribution in [-0.4, -0.2) is 23.3 Å². The van der Waals surface area contributed by atoms with Crippen molar-refractivity contribution in [2.75, 3.05) is 7.11 Å². The lowest BCUT2D eigenvalue weighted by Crippen LogP contribution is -2.15. The Labute approximate surface area is 138 Å². The number of aliphatic carboxylic acids is 1. The molecule has 0 aliphatic heterocycles. The first kappa shape index (κ1) is 17.1. The van der Waals surface area contributed by atoms with E-state index in [4.69, 9.17) is 16.3 Å². The molecule has 0 aliphatic carbocycles. The summed E-state index contributed by atoms with van der Waals surface area (Å²) in [6.07, 6.45) is 0.0915. The van der Waals surface area contributed by atoms with Crippen molar-refractivity contribution in [3.05, 3.63) is 57.9 Å². The van der Waals surface area contributed by atoms with Gasteiger partial charge in [0.05, 0.1) is 18.1 Å². The highest BCUT2D eigenvalue weighted by atomic mass is 35.5. The molecule has 1 unspecified atom stereocenters. The van der Waals surface area contributed by atoms with E-state index in [0.29, 0.717) is 16.7 Å². The zero-order chi connectivity index (χ0) is 17.1. The molecule has 2 rings (SSSR count). The van der Waals surface area contributed by atoms with Gasteiger partial charge in [-0.05, 0) is 48.2 Å². The molecule has 0 bridgehead atoms. The second-order valence-corrected chi connectivity index (χ2v) is 5.64. The number of rotatable bonds is 5. The maximum absolute atomic E-state index is 13.7. The number of benzene rings is 2. The molecule has 122 valence electrons. The summed E-state index contributed by atoms with van der Waals surface area (Å²) in [4.78, 5) is 11.6. The number of phenols is 1. The van der Waals surface area contributed by atoms with Crippen LogP contribution in [0, 0.1) is 12.7 Å². The second-order valence-electron chi connectivity index (χ2n) is 5.23. The maximum atomic E-state index is 13.7. The number of carboxylic acids is 1. The number of ether oxygens (including phenoxy) is 1. The number of carbonyl (C=O) groups is 1. The summed E-state index contributed by atoms with van der Waals surface area (Å²) >= 11 is 5.92. The number of aromatic hydroxyl groups is 1. The molecule has 23 heavy (non-hydrogen) atoms. The van der Waals surface area contributed by atoms with Crippen molar-refractivity contribution >= 4 is 17.6 Å². The minimum Gasteiger partial charge on any atom is -0.503 e. The van der Waals surface area contributed by atoms with Crippen LogP contribution in [-0.2, 0) is 11.2 Å². The number of hydrogen-bond donors (Lipinski definition) is 2. The highest BCUT2D eigenvalue weighted by Gasteiger charge is 2.22. The van der Waals surface area contributed by atoms with Crippen LogP contribution in [0.15, 0.2) is 30.3 Å². The van der Waals surface area contributed by atoms with Gasteiger partial charge in [0.2, 0.25) is 0 Å². The Kier molecular flexibility index (Phi) is 5.11. The van der Waals surface area contributed by atoms with Crippen LogP contribution in [0.25, 0.3) is 0 Å². The minimum absolute atomic E-state index is 0.0681. The summed E-state index contributed by atoms with van der Waals surface area (Å²) in [5, 5.41) is 19.3. The van der Waals surface area contributed by atoms with Crippen LogP contribution in [0.1, 0.15) is 22.6 Å². The van der Waals surface area contributed by atoms with E-state index in [1.807, 2.05) is 0 Å². The van der Waals surface area contributed by atoms with Gasteiger partial charge >= 0.3 is 5.97 Å². The molecule has 2 N–H and O–H groups in total. The quantitative estimate of drug-likeness (QED) is 0.867. The molecule has 0 saturated carbocycles. The van der Waals surface area contributed by atoms with E-state index < -0.39 is 17.7 Å². The molecular formula is C17H16ClFO4. The van der Waals surface area contributed by atoms with E-state index in [1.54, 1.807) is 19.1 Å². The number of aryl methyl sites for hydroxylation is 1. The predicted octanol–water partition coefficient (Wildman–Crippen LogP) is 3.91. The van der Waals surface area contributed by atoms with Crippen LogP contribution < -0.4 is 4.74 Å². The van der Waals surface area contributed by atoms with Crippen molar-refractivity contribution in [2.24, 2.45) is 0 Å². The van der Waals surface area contributed by atoms with Gasteiger partial charge in [0.15, 0.2) is 11.5 Å². The van der Waals surface area contributed by atoms with Gasteiger partial charge in [-0.2, -0.15) is 0 Å². The fraction of sp³-hybridized carbons (Fsp3) is 0.235. The van der Waals surface area contributed by atoms with Crippen molar-refractivity contribution in [1.82, 2.24) is 0 Å². The van der Waals surface area contributed by atoms with Crippen molar-refractivity contribution in [3.8, 4) is 11.5 Å². The number of halogens is 2. The molecule has 0 aliphatic rings. The normalized spacial score (nSPS) is 12.0. The molecule has 0 fully saturated rings. The number of phenolic OH excluding ortho intramolecular Hbond substituents is 1. The number of carboxylic acid groups (broad SMARTS) is 1. The summed E-state index contributed by atoms with van der Waals surface area (Å²) in [5.41, 5.74) is 1.38. The lowest BCUT2D eigenvalue weighted by molar-refractivity contribution is -0.138. The van der Waals surface area contributed by atoms with E-state index >= 15 is 0 Å². The van der Waals surface area contributed by atoms with Gasteiger partial charge in [0.25, 0.3) is 0 Å². The van der Waals surface area contributed by atoms with Crippen LogP contribution in [0.4, 0.5) is 4.39 Å². The van der Waals surface area contributed by atoms with Crippen molar-refractivity contribution in [1.29, 1.82) is 0 Å². The molecule has 0 spiro atoms. The Hall–Kier alpha value is -2.27. The lowest BCUT2D eigenvalue weighted by atomic mass is 9.91. The highest BCUT2D eigenvalue weighted by Crippen LogP contribution is 2.36. The van der Waals surface area contributed by atoms with E-state index in [2.05, 4.69) is 0 Å². The molecule has 6 heteroatoms. The standard InChI is InChI=1S/C17H16ClFO4/c1-9-3-4-11(8-14(9)19)12(17(21)22)5-10-6-13(18)16(20)15(7-10)23-2/h3-4,6-8,12,20H,5H2,1-2H3,(H,21,22). The van der Waals surface area contributed by atoms with Crippen molar-refractivity contribution in [2.45, 2.75) is 19.3 Å². The number of hydrogen-bond acceptors (Lipinski definition) is 3. The third-order valence-electron chi connectivity index (χ3n) is 3.64.